The number of aromatic amines is 1. The second kappa shape index (κ2) is 5.84. The number of esters is 1. The lowest BCUT2D eigenvalue weighted by Crippen LogP contribution is -2.35. The molecule has 0 radical (unpaired) electrons. The second-order valence-corrected chi connectivity index (χ2v) is 6.40. The third kappa shape index (κ3) is 2.67. The molecule has 6 nitrogen and oxygen atoms in total. The lowest BCUT2D eigenvalue weighted by atomic mass is 10.3. The minimum Gasteiger partial charge on any atom is -0.465 e. The van der Waals surface area contributed by atoms with Crippen LogP contribution in [-0.2, 0) is 4.74 Å². The summed E-state index contributed by atoms with van der Waals surface area (Å²) in [5.41, 5.74) is -0.978. The van der Waals surface area contributed by atoms with Gasteiger partial charge >= 0.3 is 17.1 Å². The Bertz CT molecular complexity index is 1050. The highest BCUT2D eigenvalue weighted by Crippen LogP contribution is 2.28. The Balaban J connectivity index is 2.41. The molecule has 0 bridgehead atoms. The van der Waals surface area contributed by atoms with Crippen molar-refractivity contribution in [3.63, 3.8) is 0 Å². The summed E-state index contributed by atoms with van der Waals surface area (Å²) >= 11 is 13.0. The van der Waals surface area contributed by atoms with Crippen LogP contribution in [0.4, 0.5) is 0 Å². The van der Waals surface area contributed by atoms with Crippen LogP contribution in [0.3, 0.4) is 0 Å². The Labute approximate surface area is 142 Å². The smallest absolute Gasteiger partial charge is 0.348 e. The summed E-state index contributed by atoms with van der Waals surface area (Å²) in [5, 5.41) is 0.603. The first-order chi connectivity index (χ1) is 10.9. The van der Waals surface area contributed by atoms with Crippen molar-refractivity contribution in [2.45, 2.75) is 0 Å². The van der Waals surface area contributed by atoms with E-state index in [1.165, 1.54) is 25.3 Å². The highest BCUT2D eigenvalue weighted by atomic mass is 35.5. The van der Waals surface area contributed by atoms with Crippen molar-refractivity contribution in [3.05, 3.63) is 59.9 Å². The summed E-state index contributed by atoms with van der Waals surface area (Å²) in [6.07, 6.45) is 0. The Morgan fingerprint density at radius 2 is 2.00 bits per heavy atom. The fraction of sp³-hybridized carbons (Fsp3) is 0.0714. The number of aromatic nitrogens is 2. The Kier molecular flexibility index (Phi) is 4.01. The molecule has 9 heteroatoms. The molecule has 0 aliphatic heterocycles. The zero-order valence-electron chi connectivity index (χ0n) is 11.6. The SMILES string of the molecule is COC(=O)c1cc2c([nH]c(=O)c(=O)n2-c2ccc(Cl)cc2Cl)s1. The molecule has 3 aromatic rings. The van der Waals surface area contributed by atoms with Gasteiger partial charge in [0.25, 0.3) is 0 Å². The summed E-state index contributed by atoms with van der Waals surface area (Å²) in [6.45, 7) is 0. The molecule has 0 spiro atoms. The molecule has 23 heavy (non-hydrogen) atoms. The highest BCUT2D eigenvalue weighted by Gasteiger charge is 2.18. The molecule has 118 valence electrons. The van der Waals surface area contributed by atoms with Crippen LogP contribution in [0, 0.1) is 0 Å². The zero-order valence-corrected chi connectivity index (χ0v) is 13.9. The molecule has 1 aromatic carbocycles. The van der Waals surface area contributed by atoms with E-state index in [1.54, 1.807) is 6.07 Å². The average molecular weight is 371 g/mol. The summed E-state index contributed by atoms with van der Waals surface area (Å²) in [5.74, 6) is -0.562. The van der Waals surface area contributed by atoms with E-state index in [9.17, 15) is 14.4 Å². The van der Waals surface area contributed by atoms with Gasteiger partial charge in [0.1, 0.15) is 9.71 Å². The molecule has 0 saturated heterocycles. The van der Waals surface area contributed by atoms with Crippen molar-refractivity contribution in [1.29, 1.82) is 0 Å². The molecule has 0 aliphatic rings. The van der Waals surface area contributed by atoms with Crippen molar-refractivity contribution < 1.29 is 9.53 Å². The molecular formula is C14H8Cl2N2O4S. The van der Waals surface area contributed by atoms with Gasteiger partial charge in [0.2, 0.25) is 0 Å². The van der Waals surface area contributed by atoms with Gasteiger partial charge in [0, 0.05) is 5.02 Å². The number of nitrogens with zero attached hydrogens (tertiary/aromatic N) is 1. The van der Waals surface area contributed by atoms with E-state index in [4.69, 9.17) is 23.2 Å². The molecule has 0 aliphatic carbocycles. The fourth-order valence-electron chi connectivity index (χ4n) is 2.11. The number of H-pyrrole nitrogens is 1. The van der Waals surface area contributed by atoms with Crippen LogP contribution in [-0.4, -0.2) is 22.6 Å². The molecule has 3 rings (SSSR count). The molecule has 0 saturated carbocycles. The number of halogens is 2. The molecular weight excluding hydrogens is 363 g/mol. The van der Waals surface area contributed by atoms with Gasteiger partial charge in [0.05, 0.1) is 23.3 Å². The number of hydrogen-bond donors (Lipinski definition) is 1. The predicted octanol–water partition coefficient (Wildman–Crippen LogP) is 2.83. The molecule has 0 amide bonds. The largest absolute Gasteiger partial charge is 0.465 e. The number of ether oxygens (including phenoxy) is 1. The van der Waals surface area contributed by atoms with Crippen molar-refractivity contribution in [3.8, 4) is 5.69 Å². The third-order valence-corrected chi connectivity index (χ3v) is 4.67. The number of hydrogen-bond acceptors (Lipinski definition) is 5. The monoisotopic (exact) mass is 370 g/mol. The quantitative estimate of drug-likeness (QED) is 0.555. The van der Waals surface area contributed by atoms with Crippen molar-refractivity contribution in [1.82, 2.24) is 9.55 Å². The minimum atomic E-state index is -0.818. The first-order valence-electron chi connectivity index (χ1n) is 6.25. The maximum Gasteiger partial charge on any atom is 0.348 e. The van der Waals surface area contributed by atoms with Crippen molar-refractivity contribution in [2.24, 2.45) is 0 Å². The zero-order chi connectivity index (χ0) is 16.7. The van der Waals surface area contributed by atoms with Gasteiger partial charge in [-0.15, -0.1) is 11.3 Å². The summed E-state index contributed by atoms with van der Waals surface area (Å²) in [6, 6.07) is 6.01. The maximum atomic E-state index is 12.3. The van der Waals surface area contributed by atoms with E-state index in [2.05, 4.69) is 9.72 Å². The second-order valence-electron chi connectivity index (χ2n) is 4.51. The predicted molar refractivity (Wildman–Crippen MR) is 89.4 cm³/mol. The summed E-state index contributed by atoms with van der Waals surface area (Å²) in [7, 11) is 1.25. The highest BCUT2D eigenvalue weighted by molar-refractivity contribution is 7.20. The van der Waals surface area contributed by atoms with Gasteiger partial charge in [-0.2, -0.15) is 0 Å². The van der Waals surface area contributed by atoms with Crippen LogP contribution in [0.15, 0.2) is 33.9 Å². The topological polar surface area (TPSA) is 81.2 Å². The van der Waals surface area contributed by atoms with Gasteiger partial charge in [0.15, 0.2) is 0 Å². The number of carbonyl (C=O) groups is 1. The van der Waals surface area contributed by atoms with E-state index in [0.717, 1.165) is 15.9 Å². The fourth-order valence-corrected chi connectivity index (χ4v) is 3.56. The van der Waals surface area contributed by atoms with Crippen LogP contribution in [0.1, 0.15) is 9.67 Å². The molecule has 0 unspecified atom stereocenters. The number of rotatable bonds is 2. The number of benzene rings is 1. The lowest BCUT2D eigenvalue weighted by molar-refractivity contribution is 0.0606. The molecule has 0 fully saturated rings. The Morgan fingerprint density at radius 3 is 2.65 bits per heavy atom. The van der Waals surface area contributed by atoms with Crippen LogP contribution in [0.2, 0.25) is 10.0 Å². The van der Waals surface area contributed by atoms with Gasteiger partial charge in [-0.1, -0.05) is 23.2 Å². The first kappa shape index (κ1) is 15.8. The van der Waals surface area contributed by atoms with Crippen molar-refractivity contribution in [2.75, 3.05) is 7.11 Å². The molecule has 0 atom stereocenters. The van der Waals surface area contributed by atoms with Gasteiger partial charge < -0.3 is 9.72 Å². The maximum absolute atomic E-state index is 12.3. The van der Waals surface area contributed by atoms with Crippen LogP contribution < -0.4 is 11.1 Å². The lowest BCUT2D eigenvalue weighted by Gasteiger charge is -2.09. The number of thiophene rings is 1. The number of methoxy groups -OCH3 is 1. The van der Waals surface area contributed by atoms with E-state index in [0.29, 0.717) is 21.1 Å². The summed E-state index contributed by atoms with van der Waals surface area (Å²) in [4.78, 5) is 38.9. The average Bonchev–Trinajstić information content (AvgIpc) is 2.92. The van der Waals surface area contributed by atoms with Crippen LogP contribution >= 0.6 is 34.5 Å². The van der Waals surface area contributed by atoms with Crippen LogP contribution in [0.5, 0.6) is 0 Å². The molecule has 2 heterocycles. The number of fused-ring (bicyclic) bond motifs is 1. The van der Waals surface area contributed by atoms with Gasteiger partial charge in [-0.25, -0.2) is 4.79 Å². The van der Waals surface area contributed by atoms with E-state index < -0.39 is 17.1 Å². The minimum absolute atomic E-state index is 0.206. The standard InChI is InChI=1S/C14H8Cl2N2O4S/c1-22-14(21)10-5-9-12(23-10)17-11(19)13(20)18(9)8-3-2-6(15)4-7(8)16/h2-5H,1H3,(H,17,19). The first-order valence-corrected chi connectivity index (χ1v) is 7.82. The molecule has 2 aromatic heterocycles. The number of nitrogens with one attached hydrogen (secondary N) is 1. The van der Waals surface area contributed by atoms with E-state index in [1.807, 2.05) is 0 Å². The molecule has 1 N–H and O–H groups in total. The van der Waals surface area contributed by atoms with Gasteiger partial charge in [-0.3, -0.25) is 14.2 Å². The van der Waals surface area contributed by atoms with E-state index >= 15 is 0 Å². The number of carbonyl (C=O) groups excluding carboxylic acids is 1. The normalized spacial score (nSPS) is 10.9. The Hall–Kier alpha value is -2.09. The van der Waals surface area contributed by atoms with E-state index in [-0.39, 0.29) is 9.90 Å². The summed E-state index contributed by atoms with van der Waals surface area (Å²) < 4.78 is 5.81. The van der Waals surface area contributed by atoms with Crippen molar-refractivity contribution >= 4 is 50.9 Å². The van der Waals surface area contributed by atoms with Crippen LogP contribution in [0.25, 0.3) is 16.0 Å². The Morgan fingerprint density at radius 1 is 1.26 bits per heavy atom. The third-order valence-electron chi connectivity index (χ3n) is 3.11. The van der Waals surface area contributed by atoms with Gasteiger partial charge in [-0.05, 0) is 24.3 Å².